The summed E-state index contributed by atoms with van der Waals surface area (Å²) in [6.45, 7) is 0.227. The zero-order chi connectivity index (χ0) is 16.0. The molecule has 3 aromatic rings. The van der Waals surface area contributed by atoms with Gasteiger partial charge in [-0.05, 0) is 24.3 Å². The number of Topliss-reactive ketones (excluding diaryl/α,β-unsaturated/α-hetero) is 1. The van der Waals surface area contributed by atoms with Gasteiger partial charge in [0.25, 0.3) is 5.43 Å². The first-order chi connectivity index (χ1) is 11.1. The Hall–Kier alpha value is -2.37. The zero-order valence-electron chi connectivity index (χ0n) is 12.5. The minimum atomic E-state index is -0.0889. The Morgan fingerprint density at radius 3 is 2.65 bits per heavy atom. The van der Waals surface area contributed by atoms with Crippen molar-refractivity contribution in [2.75, 3.05) is 13.6 Å². The number of hydrogen-bond donors (Lipinski definition) is 0. The van der Waals surface area contributed by atoms with Crippen molar-refractivity contribution >= 4 is 34.4 Å². The molecule has 114 valence electrons. The minimum Gasteiger partial charge on any atom is -0.458 e. The van der Waals surface area contributed by atoms with Crippen molar-refractivity contribution in [2.45, 2.75) is 4.90 Å². The minimum absolute atomic E-state index is 0.0365. The van der Waals surface area contributed by atoms with E-state index in [1.54, 1.807) is 12.1 Å². The first-order valence-electron chi connectivity index (χ1n) is 7.27. The fourth-order valence-corrected chi connectivity index (χ4v) is 4.17. The molecular weight excluding hydrogens is 310 g/mol. The fraction of sp³-hybridized carbons (Fsp3) is 0.111. The Bertz CT molecular complexity index is 995. The number of hydrogen-bond acceptors (Lipinski definition) is 4. The molecule has 2 heterocycles. The summed E-state index contributed by atoms with van der Waals surface area (Å²) < 4.78 is 5.78. The predicted molar refractivity (Wildman–Crippen MR) is 91.7 cm³/mol. The van der Waals surface area contributed by atoms with E-state index in [1.165, 1.54) is 18.2 Å². The van der Waals surface area contributed by atoms with Crippen LogP contribution in [0.15, 0.2) is 68.9 Å². The molecule has 2 aromatic carbocycles. The molecule has 1 atom stereocenters. The number of ketones is 1. The lowest BCUT2D eigenvalue weighted by Crippen LogP contribution is -2.47. The number of rotatable bonds is 1. The zero-order valence-corrected chi connectivity index (χ0v) is 13.3. The van der Waals surface area contributed by atoms with Gasteiger partial charge in [-0.2, -0.15) is 0 Å². The van der Waals surface area contributed by atoms with Gasteiger partial charge in [-0.25, -0.2) is 3.89 Å². The number of carbonyl (C=O) groups is 1. The number of nitrogens with zero attached hydrogens (tertiary/aromatic N) is 1. The van der Waals surface area contributed by atoms with Gasteiger partial charge in [0.1, 0.15) is 17.5 Å². The Labute approximate surface area is 137 Å². The third-order valence-corrected chi connectivity index (χ3v) is 5.39. The van der Waals surface area contributed by atoms with Crippen molar-refractivity contribution in [1.82, 2.24) is 3.89 Å². The summed E-state index contributed by atoms with van der Waals surface area (Å²) in [7, 11) is 1.87. The van der Waals surface area contributed by atoms with E-state index in [4.69, 9.17) is 4.42 Å². The molecular formula is C18H14NO3S+. The van der Waals surface area contributed by atoms with Crippen LogP contribution in [0.1, 0.15) is 10.4 Å². The molecule has 4 rings (SSSR count). The smallest absolute Gasteiger partial charge is 0.254 e. The van der Waals surface area contributed by atoms with Gasteiger partial charge in [0, 0.05) is 5.56 Å². The number of para-hydroxylation sites is 1. The fourth-order valence-electron chi connectivity index (χ4n) is 2.91. The van der Waals surface area contributed by atoms with Crippen LogP contribution < -0.4 is 9.32 Å². The largest absolute Gasteiger partial charge is 0.458 e. The Morgan fingerprint density at radius 2 is 1.78 bits per heavy atom. The topological polar surface area (TPSA) is 47.3 Å². The highest BCUT2D eigenvalue weighted by molar-refractivity contribution is 7.99. The Kier molecular flexibility index (Phi) is 3.14. The van der Waals surface area contributed by atoms with E-state index in [1.807, 2.05) is 43.4 Å². The van der Waals surface area contributed by atoms with Crippen LogP contribution in [0.2, 0.25) is 0 Å². The SMILES string of the molecule is C[N+]1(c2coc3ccccc3c2=O)CC(=O)c2ccccc2S1. The third kappa shape index (κ3) is 2.20. The van der Waals surface area contributed by atoms with Crippen LogP contribution in [0.3, 0.4) is 0 Å². The van der Waals surface area contributed by atoms with Gasteiger partial charge >= 0.3 is 0 Å². The molecule has 0 bridgehead atoms. The summed E-state index contributed by atoms with van der Waals surface area (Å²) in [5.41, 5.74) is 1.67. The summed E-state index contributed by atoms with van der Waals surface area (Å²) >= 11 is 1.50. The highest BCUT2D eigenvalue weighted by Crippen LogP contribution is 2.40. The molecule has 0 radical (unpaired) electrons. The molecule has 1 aliphatic rings. The van der Waals surface area contributed by atoms with Crippen LogP contribution in [0.5, 0.6) is 0 Å². The van der Waals surface area contributed by atoms with Gasteiger partial charge in [-0.3, -0.25) is 9.59 Å². The molecule has 5 heteroatoms. The van der Waals surface area contributed by atoms with E-state index < -0.39 is 0 Å². The first kappa shape index (κ1) is 14.2. The second-order valence-electron chi connectivity index (χ2n) is 5.72. The van der Waals surface area contributed by atoms with Crippen LogP contribution in [-0.2, 0) is 0 Å². The summed E-state index contributed by atoms with van der Waals surface area (Å²) in [4.78, 5) is 26.2. The van der Waals surface area contributed by atoms with Crippen LogP contribution in [0.4, 0.5) is 5.69 Å². The molecule has 1 unspecified atom stereocenters. The van der Waals surface area contributed by atoms with Crippen molar-refractivity contribution in [3.05, 3.63) is 70.6 Å². The van der Waals surface area contributed by atoms with E-state index in [0.717, 1.165) is 10.5 Å². The van der Waals surface area contributed by atoms with Gasteiger partial charge in [-0.1, -0.05) is 24.3 Å². The van der Waals surface area contributed by atoms with Gasteiger partial charge in [-0.15, -0.1) is 0 Å². The molecule has 0 saturated heterocycles. The lowest BCUT2D eigenvalue weighted by molar-refractivity contribution is 0.0969. The standard InChI is InChI=1S/C18H14NO3S/c1-19(10-15(20)12-6-3-5-9-17(12)23-19)14-11-22-16-8-4-2-7-13(16)18(14)21/h2-9,11H,10H2,1H3/q+1. The maximum Gasteiger partial charge on any atom is 0.254 e. The number of likely N-dealkylation sites (N-methyl/N-ethyl adjacent to an activating group) is 1. The second kappa shape index (κ2) is 5.08. The summed E-state index contributed by atoms with van der Waals surface area (Å²) in [5, 5.41) is 0.538. The quantitative estimate of drug-likeness (QED) is 0.506. The summed E-state index contributed by atoms with van der Waals surface area (Å²) in [6, 6.07) is 14.7. The molecule has 0 saturated carbocycles. The normalized spacial score (nSPS) is 20.5. The Morgan fingerprint density at radius 1 is 1.04 bits per heavy atom. The summed E-state index contributed by atoms with van der Waals surface area (Å²) in [5.74, 6) is 0.0365. The molecule has 0 N–H and O–H groups in total. The van der Waals surface area contributed by atoms with E-state index >= 15 is 0 Å². The average molecular weight is 324 g/mol. The van der Waals surface area contributed by atoms with Gasteiger partial charge < -0.3 is 4.42 Å². The number of fused-ring (bicyclic) bond motifs is 2. The molecule has 4 nitrogen and oxygen atoms in total. The van der Waals surface area contributed by atoms with Crippen molar-refractivity contribution in [3.8, 4) is 0 Å². The number of benzene rings is 2. The second-order valence-corrected chi connectivity index (χ2v) is 7.14. The monoisotopic (exact) mass is 324 g/mol. The summed E-state index contributed by atoms with van der Waals surface area (Å²) in [6.07, 6.45) is 1.48. The highest BCUT2D eigenvalue weighted by Gasteiger charge is 2.40. The van der Waals surface area contributed by atoms with E-state index in [0.29, 0.717) is 16.7 Å². The van der Waals surface area contributed by atoms with Crippen molar-refractivity contribution in [2.24, 2.45) is 0 Å². The lowest BCUT2D eigenvalue weighted by atomic mass is 10.1. The first-order valence-corrected chi connectivity index (χ1v) is 8.04. The molecule has 1 aromatic heterocycles. The van der Waals surface area contributed by atoms with E-state index in [-0.39, 0.29) is 21.6 Å². The third-order valence-electron chi connectivity index (χ3n) is 4.10. The maximum atomic E-state index is 12.9. The van der Waals surface area contributed by atoms with Gasteiger partial charge in [0.05, 0.1) is 17.3 Å². The van der Waals surface area contributed by atoms with Crippen LogP contribution >= 0.6 is 11.9 Å². The predicted octanol–water partition coefficient (Wildman–Crippen LogP) is 3.63. The molecule has 0 fully saturated rings. The molecule has 0 spiro atoms. The van der Waals surface area contributed by atoms with E-state index in [9.17, 15) is 9.59 Å². The van der Waals surface area contributed by atoms with Gasteiger partial charge in [0.15, 0.2) is 12.8 Å². The maximum absolute atomic E-state index is 12.9. The van der Waals surface area contributed by atoms with Crippen molar-refractivity contribution < 1.29 is 9.21 Å². The van der Waals surface area contributed by atoms with Crippen LogP contribution in [0.25, 0.3) is 11.0 Å². The molecule has 23 heavy (non-hydrogen) atoms. The lowest BCUT2D eigenvalue weighted by Gasteiger charge is -2.33. The van der Waals surface area contributed by atoms with Crippen molar-refractivity contribution in [1.29, 1.82) is 0 Å². The molecule has 0 amide bonds. The molecule has 0 aliphatic carbocycles. The molecule has 1 aliphatic heterocycles. The average Bonchev–Trinajstić information content (AvgIpc) is 2.55. The van der Waals surface area contributed by atoms with Crippen molar-refractivity contribution in [3.63, 3.8) is 0 Å². The van der Waals surface area contributed by atoms with Gasteiger partial charge in [0.2, 0.25) is 11.5 Å². The van der Waals surface area contributed by atoms with Crippen LogP contribution in [0, 0.1) is 0 Å². The van der Waals surface area contributed by atoms with Crippen LogP contribution in [-0.4, -0.2) is 19.4 Å². The number of carbonyl (C=O) groups excluding carboxylic acids is 1. The number of quaternary nitrogens is 1. The Balaban J connectivity index is 1.90. The van der Waals surface area contributed by atoms with E-state index in [2.05, 4.69) is 0 Å². The highest BCUT2D eigenvalue weighted by atomic mass is 32.2.